The van der Waals surface area contributed by atoms with Crippen LogP contribution in [-0.2, 0) is 15.0 Å². The molecule has 0 aliphatic heterocycles. The van der Waals surface area contributed by atoms with Crippen molar-refractivity contribution in [2.75, 3.05) is 11.9 Å². The van der Waals surface area contributed by atoms with E-state index in [4.69, 9.17) is 5.11 Å². The van der Waals surface area contributed by atoms with Gasteiger partial charge in [-0.15, -0.1) is 0 Å². The van der Waals surface area contributed by atoms with E-state index in [1.54, 1.807) is 0 Å². The lowest BCUT2D eigenvalue weighted by atomic mass is 10.4. The monoisotopic (exact) mass is 464 g/mol. The molecular formula is C12H31BrF6O4S. The lowest BCUT2D eigenvalue weighted by molar-refractivity contribution is -0.190. The van der Waals surface area contributed by atoms with Gasteiger partial charge >= 0.3 is 27.4 Å². The number of alkyl halides is 5. The Balaban J connectivity index is -0.0000000347. The fraction of sp³-hybridized carbons (Fsp3) is 0.917. The average Bonchev–Trinajstić information content (AvgIpc) is 2.17. The van der Waals surface area contributed by atoms with E-state index >= 15 is 0 Å². The smallest absolute Gasteiger partial charge is 0.396 e. The zero-order valence-corrected chi connectivity index (χ0v) is 10.7. The van der Waals surface area contributed by atoms with Crippen molar-refractivity contribution in [3.8, 4) is 0 Å². The van der Waals surface area contributed by atoms with E-state index in [1.165, 1.54) is 0 Å². The van der Waals surface area contributed by atoms with Gasteiger partial charge in [-0.05, 0) is 6.42 Å². The molecule has 0 radical (unpaired) electrons. The van der Waals surface area contributed by atoms with Crippen molar-refractivity contribution >= 4 is 32.2 Å². The molecule has 0 aliphatic carbocycles. The van der Waals surface area contributed by atoms with Crippen molar-refractivity contribution in [1.29, 1.82) is 0 Å². The molecule has 0 aliphatic rings. The molecule has 0 fully saturated rings. The van der Waals surface area contributed by atoms with Crippen LogP contribution in [0, 0.1) is 0 Å². The van der Waals surface area contributed by atoms with Crippen LogP contribution in [0.2, 0.25) is 0 Å². The third kappa shape index (κ3) is 14.0. The van der Waals surface area contributed by atoms with Crippen molar-refractivity contribution in [2.24, 2.45) is 0 Å². The summed E-state index contributed by atoms with van der Waals surface area (Å²) in [4.78, 5) is 9.23. The maximum absolute atomic E-state index is 11.8. The van der Waals surface area contributed by atoms with E-state index in [-0.39, 0.29) is 44.6 Å². The van der Waals surface area contributed by atoms with Crippen molar-refractivity contribution in [2.45, 2.75) is 62.2 Å². The maximum Gasteiger partial charge on any atom is 0.446 e. The molecule has 0 atom stereocenters. The van der Waals surface area contributed by atoms with Gasteiger partial charge in [-0.1, -0.05) is 64.4 Å². The normalized spacial score (nSPS) is 9.50. The fourth-order valence-electron chi connectivity index (χ4n) is 0.327. The molecule has 12 heteroatoms. The molecule has 0 amide bonds. The van der Waals surface area contributed by atoms with Gasteiger partial charge in [0.2, 0.25) is 0 Å². The first-order valence-electron chi connectivity index (χ1n) is 3.92. The maximum atomic E-state index is 11.8. The van der Waals surface area contributed by atoms with Crippen LogP contribution in [0.25, 0.3) is 0 Å². The van der Waals surface area contributed by atoms with Gasteiger partial charge in [0.15, 0.2) is 0 Å². The van der Waals surface area contributed by atoms with Crippen molar-refractivity contribution in [3.63, 3.8) is 0 Å². The van der Waals surface area contributed by atoms with Gasteiger partial charge < -0.3 is 5.11 Å². The van der Waals surface area contributed by atoms with Crippen LogP contribution in [-0.4, -0.2) is 42.7 Å². The Morgan fingerprint density at radius 2 is 1.25 bits per heavy atom. The average molecular weight is 465 g/mol. The second kappa shape index (κ2) is 19.0. The van der Waals surface area contributed by atoms with Crippen LogP contribution in [0.4, 0.5) is 25.8 Å². The first-order chi connectivity index (χ1) is 7.86. The Morgan fingerprint density at radius 1 is 0.958 bits per heavy atom. The Kier molecular flexibility index (Phi) is 39.2. The predicted molar refractivity (Wildman–Crippen MR) is 91.9 cm³/mol. The van der Waals surface area contributed by atoms with Crippen LogP contribution in [0.15, 0.2) is 0 Å². The summed E-state index contributed by atoms with van der Waals surface area (Å²) in [5.41, 5.74) is 0. The summed E-state index contributed by atoms with van der Waals surface area (Å²) in [6.45, 7) is 0.297. The molecule has 0 aromatic rings. The lowest BCUT2D eigenvalue weighted by Crippen LogP contribution is -2.49. The van der Waals surface area contributed by atoms with Crippen LogP contribution in [0.5, 0.6) is 0 Å². The van der Waals surface area contributed by atoms with Gasteiger partial charge in [-0.25, -0.2) is 0 Å². The fourth-order valence-corrected chi connectivity index (χ4v) is 0.965. The van der Waals surface area contributed by atoms with Crippen LogP contribution in [0.3, 0.4) is 0 Å². The zero-order valence-electron chi connectivity index (χ0n) is 8.35. The van der Waals surface area contributed by atoms with Gasteiger partial charge in [0.05, 0.1) is 0 Å². The summed E-state index contributed by atoms with van der Waals surface area (Å²) < 4.78 is 88.5. The molecule has 0 heterocycles. The SMILES string of the molecule is C.C.C.C.C.C.O=C(F)C(F)(F)C(F)(F)S(=O)(=O)F.OCCCBr. The largest absolute Gasteiger partial charge is 0.446 e. The number of hydrogen-bond acceptors (Lipinski definition) is 4. The van der Waals surface area contributed by atoms with Gasteiger partial charge in [-0.2, -0.15) is 30.4 Å². The topological polar surface area (TPSA) is 71.4 Å². The minimum Gasteiger partial charge on any atom is -0.396 e. The van der Waals surface area contributed by atoms with Gasteiger partial charge in [0, 0.05) is 11.9 Å². The number of hydrogen-bond donors (Lipinski definition) is 1. The van der Waals surface area contributed by atoms with E-state index in [9.17, 15) is 39.1 Å². The van der Waals surface area contributed by atoms with E-state index < -0.39 is 27.4 Å². The highest BCUT2D eigenvalue weighted by Gasteiger charge is 2.71. The molecule has 0 spiro atoms. The first kappa shape index (κ1) is 49.5. The number of aliphatic hydroxyl groups excluding tert-OH is 1. The number of rotatable bonds is 5. The summed E-state index contributed by atoms with van der Waals surface area (Å²) in [5.74, 6) is -6.22. The molecule has 4 nitrogen and oxygen atoms in total. The Labute approximate surface area is 151 Å². The third-order valence-electron chi connectivity index (χ3n) is 1.21. The number of halogens is 7. The summed E-state index contributed by atoms with van der Waals surface area (Å²) >= 11 is 3.15. The van der Waals surface area contributed by atoms with Crippen molar-refractivity contribution in [3.05, 3.63) is 0 Å². The summed E-state index contributed by atoms with van der Waals surface area (Å²) in [6.07, 6.45) is 0.861. The Bertz CT molecular complexity index is 376. The third-order valence-corrected chi connectivity index (χ3v) is 2.64. The zero-order chi connectivity index (χ0) is 15.2. The quantitative estimate of drug-likeness (QED) is 0.327. The molecular weight excluding hydrogens is 434 g/mol. The highest BCUT2D eigenvalue weighted by atomic mass is 79.9. The molecule has 24 heavy (non-hydrogen) atoms. The molecule has 0 bridgehead atoms. The summed E-state index contributed by atoms with van der Waals surface area (Å²) in [7, 11) is -7.05. The second-order valence-electron chi connectivity index (χ2n) is 2.57. The molecule has 0 unspecified atom stereocenters. The molecule has 1 N–H and O–H groups in total. The Morgan fingerprint density at radius 3 is 1.29 bits per heavy atom. The van der Waals surface area contributed by atoms with Crippen LogP contribution >= 0.6 is 15.9 Å². The van der Waals surface area contributed by atoms with Crippen molar-refractivity contribution < 1.29 is 44.2 Å². The standard InChI is InChI=1S/C3H7BrO.C3F6O3S.6CH4/c4-2-1-3-5;4-1(10)2(5,6)3(7,8)13(9,11)12;;;;;;/h5H,1-3H2;;6*1H4. The molecule has 0 rings (SSSR count). The van der Waals surface area contributed by atoms with E-state index in [1.807, 2.05) is 0 Å². The summed E-state index contributed by atoms with van der Waals surface area (Å²) in [5, 5.41) is 2.55. The predicted octanol–water partition coefficient (Wildman–Crippen LogP) is 5.59. The molecule has 0 aromatic carbocycles. The molecule has 0 saturated heterocycles. The number of carbonyl (C=O) groups excluding carboxylic acids is 1. The highest BCUT2D eigenvalue weighted by Crippen LogP contribution is 2.40. The second-order valence-corrected chi connectivity index (χ2v) is 4.75. The van der Waals surface area contributed by atoms with E-state index in [2.05, 4.69) is 15.9 Å². The first-order valence-corrected chi connectivity index (χ1v) is 6.43. The number of aliphatic hydroxyl groups is 1. The van der Waals surface area contributed by atoms with Crippen LogP contribution < -0.4 is 0 Å². The minimum absolute atomic E-state index is 0. The molecule has 0 aromatic heterocycles. The Hall–Kier alpha value is -0.360. The molecule has 158 valence electrons. The highest BCUT2D eigenvalue weighted by molar-refractivity contribution is 9.09. The van der Waals surface area contributed by atoms with Gasteiger partial charge in [0.1, 0.15) is 0 Å². The summed E-state index contributed by atoms with van der Waals surface area (Å²) in [6, 6.07) is -3.93. The van der Waals surface area contributed by atoms with Gasteiger partial charge in [0.25, 0.3) is 0 Å². The van der Waals surface area contributed by atoms with Crippen molar-refractivity contribution in [1.82, 2.24) is 0 Å². The van der Waals surface area contributed by atoms with Gasteiger partial charge in [-0.3, -0.25) is 4.79 Å². The van der Waals surface area contributed by atoms with Crippen LogP contribution in [0.1, 0.15) is 51.0 Å². The number of carbonyl (C=O) groups is 1. The minimum atomic E-state index is -7.05. The molecule has 0 saturated carbocycles. The lowest BCUT2D eigenvalue weighted by Gasteiger charge is -2.17. The van der Waals surface area contributed by atoms with E-state index in [0.717, 1.165) is 11.8 Å². The van der Waals surface area contributed by atoms with E-state index in [0.29, 0.717) is 6.61 Å².